The minimum atomic E-state index is -0.553. The predicted octanol–water partition coefficient (Wildman–Crippen LogP) is 5.35. The fourth-order valence-corrected chi connectivity index (χ4v) is 4.21. The molecule has 0 amide bonds. The number of fused-ring (bicyclic) bond motifs is 1. The van der Waals surface area contributed by atoms with E-state index in [0.29, 0.717) is 5.02 Å². The Balaban J connectivity index is 1.89. The van der Waals surface area contributed by atoms with Gasteiger partial charge in [0.25, 0.3) is 0 Å². The van der Waals surface area contributed by atoms with Gasteiger partial charge in [-0.2, -0.15) is 0 Å². The van der Waals surface area contributed by atoms with Gasteiger partial charge in [-0.15, -0.1) is 0 Å². The molecule has 0 spiro atoms. The molecule has 0 radical (unpaired) electrons. The van der Waals surface area contributed by atoms with E-state index in [1.165, 1.54) is 12.0 Å². The highest BCUT2D eigenvalue weighted by molar-refractivity contribution is 6.30. The Morgan fingerprint density at radius 2 is 1.89 bits per heavy atom. The molecule has 2 aromatic carbocycles. The average Bonchev–Trinajstić information content (AvgIpc) is 2.68. The highest BCUT2D eigenvalue weighted by atomic mass is 35.5. The number of piperidine rings is 1. The van der Waals surface area contributed by atoms with Crippen LogP contribution in [0, 0.1) is 13.8 Å². The Labute approximate surface area is 165 Å². The van der Waals surface area contributed by atoms with Crippen molar-refractivity contribution in [2.45, 2.75) is 45.3 Å². The van der Waals surface area contributed by atoms with Gasteiger partial charge in [-0.25, -0.2) is 4.98 Å². The van der Waals surface area contributed by atoms with E-state index in [0.717, 1.165) is 52.7 Å². The number of hydrogen-bond donors (Lipinski definition) is 2. The molecule has 2 atom stereocenters. The zero-order valence-electron chi connectivity index (χ0n) is 15.8. The van der Waals surface area contributed by atoms with E-state index in [-0.39, 0.29) is 6.04 Å². The predicted molar refractivity (Wildman–Crippen MR) is 112 cm³/mol. The molecule has 1 fully saturated rings. The lowest BCUT2D eigenvalue weighted by Gasteiger charge is -2.29. The van der Waals surface area contributed by atoms with Gasteiger partial charge in [-0.05, 0) is 68.6 Å². The molecule has 27 heavy (non-hydrogen) atoms. The van der Waals surface area contributed by atoms with Crippen LogP contribution in [0.5, 0.6) is 0 Å². The van der Waals surface area contributed by atoms with Gasteiger partial charge in [0.05, 0.1) is 17.3 Å². The maximum absolute atomic E-state index is 11.2. The van der Waals surface area contributed by atoms with E-state index in [2.05, 4.69) is 31.3 Å². The van der Waals surface area contributed by atoms with E-state index in [9.17, 15) is 5.11 Å². The number of aromatic nitrogens is 1. The molecule has 2 unspecified atom stereocenters. The van der Waals surface area contributed by atoms with E-state index in [1.54, 1.807) is 0 Å². The van der Waals surface area contributed by atoms with Crippen LogP contribution in [-0.4, -0.2) is 22.7 Å². The number of pyridine rings is 1. The molecular weight excluding hydrogens is 356 g/mol. The van der Waals surface area contributed by atoms with Gasteiger partial charge in [0.1, 0.15) is 0 Å². The normalized spacial score (nSPS) is 18.6. The van der Waals surface area contributed by atoms with Crippen LogP contribution in [0.3, 0.4) is 0 Å². The van der Waals surface area contributed by atoms with Gasteiger partial charge >= 0.3 is 0 Å². The average molecular weight is 381 g/mol. The van der Waals surface area contributed by atoms with Crippen molar-refractivity contribution in [3.05, 3.63) is 64.2 Å². The van der Waals surface area contributed by atoms with Crippen molar-refractivity contribution in [3.8, 4) is 11.3 Å². The molecule has 1 saturated heterocycles. The number of benzene rings is 2. The second-order valence-corrected chi connectivity index (χ2v) is 8.02. The molecule has 4 rings (SSSR count). The number of aryl methyl sites for hydroxylation is 2. The van der Waals surface area contributed by atoms with E-state index < -0.39 is 6.10 Å². The number of rotatable bonds is 3. The first kappa shape index (κ1) is 18.4. The van der Waals surface area contributed by atoms with Gasteiger partial charge in [-0.1, -0.05) is 41.8 Å². The summed E-state index contributed by atoms with van der Waals surface area (Å²) < 4.78 is 0. The number of aliphatic hydroxyl groups excluding tert-OH is 1. The van der Waals surface area contributed by atoms with E-state index >= 15 is 0 Å². The minimum Gasteiger partial charge on any atom is -0.387 e. The first-order chi connectivity index (χ1) is 13.0. The summed E-state index contributed by atoms with van der Waals surface area (Å²) in [6.45, 7) is 5.14. The van der Waals surface area contributed by atoms with Gasteiger partial charge in [0.15, 0.2) is 0 Å². The summed E-state index contributed by atoms with van der Waals surface area (Å²) >= 11 is 6.05. The Bertz CT molecular complexity index is 962. The Kier molecular flexibility index (Phi) is 5.18. The highest BCUT2D eigenvalue weighted by Gasteiger charge is 2.25. The highest BCUT2D eigenvalue weighted by Crippen LogP contribution is 2.34. The summed E-state index contributed by atoms with van der Waals surface area (Å²) in [5.41, 5.74) is 6.10. The molecular formula is C23H25ClN2O. The first-order valence-electron chi connectivity index (χ1n) is 9.62. The third-order valence-electron chi connectivity index (χ3n) is 5.47. The molecule has 3 aromatic rings. The summed E-state index contributed by atoms with van der Waals surface area (Å²) in [5, 5.41) is 16.5. The zero-order chi connectivity index (χ0) is 19.0. The number of nitrogens with zero attached hydrogens (tertiary/aromatic N) is 1. The molecule has 0 aliphatic carbocycles. The lowest BCUT2D eigenvalue weighted by molar-refractivity contribution is 0.115. The summed E-state index contributed by atoms with van der Waals surface area (Å²) in [4.78, 5) is 4.93. The van der Waals surface area contributed by atoms with Crippen LogP contribution in [0.2, 0.25) is 5.02 Å². The van der Waals surface area contributed by atoms with Crippen molar-refractivity contribution in [2.75, 3.05) is 6.54 Å². The molecule has 2 N–H and O–H groups in total. The van der Waals surface area contributed by atoms with Crippen molar-refractivity contribution < 1.29 is 5.11 Å². The Morgan fingerprint density at radius 3 is 2.59 bits per heavy atom. The third kappa shape index (κ3) is 3.73. The molecule has 1 aliphatic rings. The van der Waals surface area contributed by atoms with E-state index in [1.807, 2.05) is 30.3 Å². The second kappa shape index (κ2) is 7.59. The SMILES string of the molecule is Cc1cc(C)c2nc(-c3ccc(Cl)cc3)cc(C(O)C3CCCCN3)c2c1. The van der Waals surface area contributed by atoms with Crippen molar-refractivity contribution in [1.29, 1.82) is 0 Å². The number of nitrogens with one attached hydrogen (secondary N) is 1. The Morgan fingerprint density at radius 1 is 1.11 bits per heavy atom. The fraction of sp³-hybridized carbons (Fsp3) is 0.348. The fourth-order valence-electron chi connectivity index (χ4n) is 4.08. The molecule has 0 saturated carbocycles. The van der Waals surface area contributed by atoms with Gasteiger partial charge in [0.2, 0.25) is 0 Å². The van der Waals surface area contributed by atoms with Crippen LogP contribution < -0.4 is 5.32 Å². The number of aliphatic hydroxyl groups is 1. The monoisotopic (exact) mass is 380 g/mol. The standard InChI is InChI=1S/C23H25ClN2O/c1-14-11-15(2)22-18(12-14)19(23(27)20-5-3-4-10-25-20)13-21(26-22)16-6-8-17(24)9-7-16/h6-9,11-13,20,23,25,27H,3-5,10H2,1-2H3. The van der Waals surface area contributed by atoms with Crippen molar-refractivity contribution in [1.82, 2.24) is 10.3 Å². The molecule has 4 heteroatoms. The topological polar surface area (TPSA) is 45.2 Å². The summed E-state index contributed by atoms with van der Waals surface area (Å²) in [6, 6.07) is 14.1. The van der Waals surface area contributed by atoms with Gasteiger partial charge in [0, 0.05) is 22.0 Å². The van der Waals surface area contributed by atoms with Gasteiger partial charge < -0.3 is 10.4 Å². The molecule has 3 nitrogen and oxygen atoms in total. The smallest absolute Gasteiger partial charge is 0.0950 e. The number of hydrogen-bond acceptors (Lipinski definition) is 3. The quantitative estimate of drug-likeness (QED) is 0.644. The van der Waals surface area contributed by atoms with Crippen LogP contribution in [0.25, 0.3) is 22.2 Å². The van der Waals surface area contributed by atoms with Crippen molar-refractivity contribution >= 4 is 22.5 Å². The molecule has 1 aromatic heterocycles. The van der Waals surface area contributed by atoms with Gasteiger partial charge in [-0.3, -0.25) is 0 Å². The summed E-state index contributed by atoms with van der Waals surface area (Å²) in [5.74, 6) is 0. The van der Waals surface area contributed by atoms with Crippen LogP contribution in [0.1, 0.15) is 42.1 Å². The molecule has 140 valence electrons. The number of halogens is 1. The largest absolute Gasteiger partial charge is 0.387 e. The van der Waals surface area contributed by atoms with Crippen molar-refractivity contribution in [2.24, 2.45) is 0 Å². The van der Waals surface area contributed by atoms with Crippen molar-refractivity contribution in [3.63, 3.8) is 0 Å². The van der Waals surface area contributed by atoms with Crippen LogP contribution in [0.4, 0.5) is 0 Å². The lowest BCUT2D eigenvalue weighted by atomic mass is 9.90. The summed E-state index contributed by atoms with van der Waals surface area (Å²) in [7, 11) is 0. The first-order valence-corrected chi connectivity index (χ1v) is 10.00. The summed E-state index contributed by atoms with van der Waals surface area (Å²) in [6.07, 6.45) is 2.77. The second-order valence-electron chi connectivity index (χ2n) is 7.58. The molecule has 0 bridgehead atoms. The minimum absolute atomic E-state index is 0.0863. The molecule has 2 heterocycles. The van der Waals surface area contributed by atoms with Crippen LogP contribution >= 0.6 is 11.6 Å². The molecule has 1 aliphatic heterocycles. The van der Waals surface area contributed by atoms with E-state index in [4.69, 9.17) is 16.6 Å². The van der Waals surface area contributed by atoms with Crippen LogP contribution in [-0.2, 0) is 0 Å². The maximum atomic E-state index is 11.2. The third-order valence-corrected chi connectivity index (χ3v) is 5.72. The lowest BCUT2D eigenvalue weighted by Crippen LogP contribution is -2.38. The van der Waals surface area contributed by atoms with Crippen LogP contribution in [0.15, 0.2) is 42.5 Å². The zero-order valence-corrected chi connectivity index (χ0v) is 16.6. The Hall–Kier alpha value is -1.94. The maximum Gasteiger partial charge on any atom is 0.0950 e.